The van der Waals surface area contributed by atoms with Crippen molar-refractivity contribution in [2.45, 2.75) is 22.8 Å². The third-order valence-electron chi connectivity index (χ3n) is 4.93. The lowest BCUT2D eigenvalue weighted by Crippen LogP contribution is -2.40. The van der Waals surface area contributed by atoms with Crippen LogP contribution in [-0.4, -0.2) is 54.6 Å². The van der Waals surface area contributed by atoms with Crippen LogP contribution in [0.3, 0.4) is 0 Å². The predicted octanol–water partition coefficient (Wildman–Crippen LogP) is 3.70. The van der Waals surface area contributed by atoms with Gasteiger partial charge in [-0.05, 0) is 42.8 Å². The maximum absolute atomic E-state index is 12.7. The van der Waals surface area contributed by atoms with Crippen LogP contribution in [0.1, 0.15) is 12.5 Å². The van der Waals surface area contributed by atoms with Crippen LogP contribution in [0.4, 0.5) is 11.4 Å². The summed E-state index contributed by atoms with van der Waals surface area (Å²) in [5, 5.41) is 2.52. The first kappa shape index (κ1) is 22.3. The molecule has 1 fully saturated rings. The maximum atomic E-state index is 12.7. The maximum Gasteiger partial charge on any atom is 0.243 e. The van der Waals surface area contributed by atoms with E-state index in [4.69, 9.17) is 4.74 Å². The number of carbonyl (C=O) groups excluding carboxylic acids is 1. The van der Waals surface area contributed by atoms with E-state index in [1.54, 1.807) is 23.9 Å². The van der Waals surface area contributed by atoms with Gasteiger partial charge in [0.25, 0.3) is 0 Å². The average Bonchev–Trinajstić information content (AvgIpc) is 2.80. The number of carbonyl (C=O) groups is 1. The lowest BCUT2D eigenvalue weighted by Gasteiger charge is -2.26. The number of para-hydroxylation sites is 1. The number of nitrogens with zero attached hydrogens (tertiary/aromatic N) is 2. The van der Waals surface area contributed by atoms with E-state index in [2.05, 4.69) is 16.4 Å². The van der Waals surface area contributed by atoms with Crippen LogP contribution in [0, 0.1) is 0 Å². The summed E-state index contributed by atoms with van der Waals surface area (Å²) >= 11 is 3.05. The molecule has 7 nitrogen and oxygen atoms in total. The molecule has 10 heteroatoms. The van der Waals surface area contributed by atoms with Gasteiger partial charge in [0.2, 0.25) is 15.9 Å². The van der Waals surface area contributed by atoms with Crippen LogP contribution < -0.4 is 5.32 Å². The van der Waals surface area contributed by atoms with E-state index < -0.39 is 10.0 Å². The lowest BCUT2D eigenvalue weighted by molar-refractivity contribution is -0.115. The Morgan fingerprint density at radius 2 is 1.87 bits per heavy atom. The van der Waals surface area contributed by atoms with E-state index in [-0.39, 0.29) is 16.1 Å². The summed E-state index contributed by atoms with van der Waals surface area (Å²) in [6.07, 6.45) is 0. The van der Waals surface area contributed by atoms with Gasteiger partial charge >= 0.3 is 0 Å². The normalized spacial score (nSPS) is 18.0. The zero-order chi connectivity index (χ0) is 21.8. The molecule has 4 rings (SSSR count). The largest absolute Gasteiger partial charge is 0.379 e. The van der Waals surface area contributed by atoms with Gasteiger partial charge in [-0.15, -0.1) is 0 Å². The minimum absolute atomic E-state index is 0.157. The highest BCUT2D eigenvalue weighted by Crippen LogP contribution is 2.36. The van der Waals surface area contributed by atoms with Crippen LogP contribution >= 0.6 is 23.5 Å². The number of aliphatic imine (C=N–C) groups is 1. The molecule has 0 spiro atoms. The number of fused-ring (bicyclic) bond motifs is 1. The molecule has 2 aromatic carbocycles. The Labute approximate surface area is 190 Å². The minimum Gasteiger partial charge on any atom is -0.379 e. The fourth-order valence-corrected chi connectivity index (χ4v) is 6.76. The summed E-state index contributed by atoms with van der Waals surface area (Å²) < 4.78 is 32.9. The molecule has 31 heavy (non-hydrogen) atoms. The quantitative estimate of drug-likeness (QED) is 0.707. The first-order chi connectivity index (χ1) is 14.9. The summed E-state index contributed by atoms with van der Waals surface area (Å²) in [5.74, 6) is 0.686. The molecule has 164 valence electrons. The van der Waals surface area contributed by atoms with E-state index in [9.17, 15) is 13.2 Å². The Hall–Kier alpha value is -1.85. The molecular weight excluding hydrogens is 454 g/mol. The van der Waals surface area contributed by atoms with Crippen LogP contribution in [0.2, 0.25) is 0 Å². The molecule has 1 saturated heterocycles. The molecule has 2 aliphatic heterocycles. The van der Waals surface area contributed by atoms with E-state index >= 15 is 0 Å². The smallest absolute Gasteiger partial charge is 0.243 e. The number of anilines is 1. The highest BCUT2D eigenvalue weighted by atomic mass is 32.2. The Kier molecular flexibility index (Phi) is 7.02. The van der Waals surface area contributed by atoms with Gasteiger partial charge in [-0.25, -0.2) is 13.4 Å². The van der Waals surface area contributed by atoms with Crippen LogP contribution in [0.15, 0.2) is 58.4 Å². The summed E-state index contributed by atoms with van der Waals surface area (Å²) in [5.41, 5.74) is 2.71. The molecule has 0 aliphatic carbocycles. The number of ether oxygens (including phenoxy) is 1. The number of amides is 1. The molecular formula is C21H23N3O4S3. The topological polar surface area (TPSA) is 88.1 Å². The Morgan fingerprint density at radius 3 is 2.61 bits per heavy atom. The monoisotopic (exact) mass is 477 g/mol. The molecule has 2 heterocycles. The van der Waals surface area contributed by atoms with Crippen LogP contribution in [0.5, 0.6) is 0 Å². The number of rotatable bonds is 5. The fraction of sp³-hybridized carbons (Fsp3) is 0.333. The average molecular weight is 478 g/mol. The highest BCUT2D eigenvalue weighted by Gasteiger charge is 2.26. The zero-order valence-electron chi connectivity index (χ0n) is 17.0. The van der Waals surface area contributed by atoms with Crippen molar-refractivity contribution in [2.75, 3.05) is 31.6 Å². The Balaban J connectivity index is 1.37. The Bertz CT molecular complexity index is 1080. The molecule has 2 aliphatic rings. The fourth-order valence-electron chi connectivity index (χ4n) is 3.17. The first-order valence-electron chi connectivity index (χ1n) is 9.88. The second-order valence-corrected chi connectivity index (χ2v) is 11.6. The molecule has 0 radical (unpaired) electrons. The van der Waals surface area contributed by atoms with Crippen molar-refractivity contribution in [3.63, 3.8) is 0 Å². The number of hydrogen-bond acceptors (Lipinski definition) is 7. The summed E-state index contributed by atoms with van der Waals surface area (Å²) in [4.78, 5) is 17.5. The second kappa shape index (κ2) is 9.74. The predicted molar refractivity (Wildman–Crippen MR) is 127 cm³/mol. The molecule has 1 atom stereocenters. The van der Waals surface area contributed by atoms with Gasteiger partial charge in [0.15, 0.2) is 0 Å². The Morgan fingerprint density at radius 1 is 1.16 bits per heavy atom. The number of nitrogens with one attached hydrogen (secondary N) is 1. The van der Waals surface area contributed by atoms with Crippen molar-refractivity contribution in [1.82, 2.24) is 4.31 Å². The van der Waals surface area contributed by atoms with E-state index in [0.29, 0.717) is 32.0 Å². The molecule has 0 saturated carbocycles. The van der Waals surface area contributed by atoms with Crippen molar-refractivity contribution in [1.29, 1.82) is 0 Å². The zero-order valence-corrected chi connectivity index (χ0v) is 19.4. The van der Waals surface area contributed by atoms with Crippen molar-refractivity contribution in [3.05, 3.63) is 54.1 Å². The van der Waals surface area contributed by atoms with Gasteiger partial charge in [-0.2, -0.15) is 4.31 Å². The second-order valence-electron chi connectivity index (χ2n) is 7.09. The van der Waals surface area contributed by atoms with E-state index in [0.717, 1.165) is 15.8 Å². The molecule has 1 N–H and O–H groups in total. The van der Waals surface area contributed by atoms with Gasteiger partial charge in [0.05, 0.1) is 29.0 Å². The molecule has 0 bridgehead atoms. The van der Waals surface area contributed by atoms with Gasteiger partial charge < -0.3 is 10.1 Å². The lowest BCUT2D eigenvalue weighted by atomic mass is 10.2. The molecule has 1 unspecified atom stereocenters. The minimum atomic E-state index is -3.55. The SMILES string of the molecule is CC(SC1=Nc2ccccc2CS1)C(=O)Nc1ccc(S(=O)(=O)N2CCOCC2)cc1. The van der Waals surface area contributed by atoms with E-state index in [1.807, 2.05) is 25.1 Å². The molecule has 2 aromatic rings. The summed E-state index contributed by atoms with van der Waals surface area (Å²) in [7, 11) is -3.55. The van der Waals surface area contributed by atoms with Crippen molar-refractivity contribution >= 4 is 55.2 Å². The number of benzene rings is 2. The third-order valence-corrected chi connectivity index (χ3v) is 9.14. The van der Waals surface area contributed by atoms with E-state index in [1.165, 1.54) is 33.8 Å². The third kappa shape index (κ3) is 5.32. The van der Waals surface area contributed by atoms with Crippen molar-refractivity contribution in [3.8, 4) is 0 Å². The number of sulfonamides is 1. The standard InChI is InChI=1S/C21H23N3O4S3/c1-15(30-21-23-19-5-3-2-4-16(19)14-29-21)20(25)22-17-6-8-18(9-7-17)31(26,27)24-10-12-28-13-11-24/h2-9,15H,10-14H2,1H3,(H,22,25). The first-order valence-corrected chi connectivity index (χ1v) is 13.2. The van der Waals surface area contributed by atoms with Gasteiger partial charge in [0, 0.05) is 24.5 Å². The molecule has 1 amide bonds. The van der Waals surface area contributed by atoms with Gasteiger partial charge in [-0.1, -0.05) is 41.7 Å². The van der Waals surface area contributed by atoms with Crippen LogP contribution in [0.25, 0.3) is 0 Å². The van der Waals surface area contributed by atoms with Gasteiger partial charge in [-0.3, -0.25) is 4.79 Å². The van der Waals surface area contributed by atoms with Crippen LogP contribution in [-0.2, 0) is 25.3 Å². The molecule has 0 aromatic heterocycles. The van der Waals surface area contributed by atoms with Gasteiger partial charge in [0.1, 0.15) is 4.38 Å². The summed E-state index contributed by atoms with van der Waals surface area (Å²) in [6.45, 7) is 3.33. The highest BCUT2D eigenvalue weighted by molar-refractivity contribution is 8.39. The summed E-state index contributed by atoms with van der Waals surface area (Å²) in [6, 6.07) is 14.3. The number of morpholine rings is 1. The van der Waals surface area contributed by atoms with Crippen molar-refractivity contribution in [2.24, 2.45) is 4.99 Å². The number of thioether (sulfide) groups is 2. The number of hydrogen-bond donors (Lipinski definition) is 1. The van der Waals surface area contributed by atoms with Crippen molar-refractivity contribution < 1.29 is 17.9 Å².